The molecular weight excluding hydrogens is 264 g/mol. The van der Waals surface area contributed by atoms with Crippen molar-refractivity contribution < 1.29 is 19.4 Å². The van der Waals surface area contributed by atoms with Gasteiger partial charge in [0.2, 0.25) is 6.10 Å². The zero-order valence-electron chi connectivity index (χ0n) is 7.72. The molecule has 0 bridgehead atoms. The van der Waals surface area contributed by atoms with Crippen LogP contribution in [-0.2, 0) is 14.3 Å². The lowest BCUT2D eigenvalue weighted by molar-refractivity contribution is -0.162. The molecule has 0 amide bonds. The molecule has 1 aromatic carbocycles. The molecule has 0 aliphatic heterocycles. The number of carbonyl (C=O) groups excluding carboxylic acids is 1. The van der Waals surface area contributed by atoms with E-state index < -0.39 is 18.0 Å². The Kier molecular flexibility index (Phi) is 4.30. The van der Waals surface area contributed by atoms with Crippen molar-refractivity contribution in [2.24, 2.45) is 0 Å². The van der Waals surface area contributed by atoms with Crippen molar-refractivity contribution >= 4 is 27.9 Å². The van der Waals surface area contributed by atoms with Crippen molar-refractivity contribution in [2.45, 2.75) is 6.10 Å². The van der Waals surface area contributed by atoms with Crippen LogP contribution in [0.15, 0.2) is 30.3 Å². The Morgan fingerprint density at radius 3 is 2.40 bits per heavy atom. The molecule has 0 heterocycles. The number of alkyl halides is 1. The van der Waals surface area contributed by atoms with Crippen molar-refractivity contribution in [2.75, 3.05) is 5.33 Å². The Labute approximate surface area is 95.0 Å². The summed E-state index contributed by atoms with van der Waals surface area (Å²) >= 11 is 2.90. The molecular formula is C10H9BrO4. The van der Waals surface area contributed by atoms with Gasteiger partial charge in [-0.25, -0.2) is 4.79 Å². The summed E-state index contributed by atoms with van der Waals surface area (Å²) in [7, 11) is 0. The second kappa shape index (κ2) is 5.50. The van der Waals surface area contributed by atoms with Crippen LogP contribution in [0, 0.1) is 0 Å². The second-order valence-electron chi connectivity index (χ2n) is 2.75. The van der Waals surface area contributed by atoms with E-state index in [1.165, 1.54) is 0 Å². The highest BCUT2D eigenvalue weighted by molar-refractivity contribution is 9.09. The smallest absolute Gasteiger partial charge is 0.349 e. The lowest BCUT2D eigenvalue weighted by Crippen LogP contribution is -2.19. The van der Waals surface area contributed by atoms with E-state index in [1.54, 1.807) is 30.3 Å². The third-order valence-electron chi connectivity index (χ3n) is 1.69. The van der Waals surface area contributed by atoms with Gasteiger partial charge in [0.1, 0.15) is 5.33 Å². The number of hydrogen-bond donors (Lipinski definition) is 1. The molecule has 4 nitrogen and oxygen atoms in total. The second-order valence-corrected chi connectivity index (χ2v) is 3.31. The lowest BCUT2D eigenvalue weighted by atomic mass is 10.1. The number of halogens is 1. The molecule has 0 spiro atoms. The number of carboxylic acid groups (broad SMARTS) is 1. The molecule has 0 saturated heterocycles. The van der Waals surface area contributed by atoms with Gasteiger partial charge >= 0.3 is 11.9 Å². The van der Waals surface area contributed by atoms with Crippen LogP contribution in [0.5, 0.6) is 0 Å². The van der Waals surface area contributed by atoms with Gasteiger partial charge in [-0.15, -0.1) is 0 Å². The molecule has 0 aliphatic carbocycles. The summed E-state index contributed by atoms with van der Waals surface area (Å²) in [5.41, 5.74) is 0.444. The van der Waals surface area contributed by atoms with Crippen molar-refractivity contribution in [3.8, 4) is 0 Å². The molecule has 0 aromatic heterocycles. The highest BCUT2D eigenvalue weighted by Gasteiger charge is 2.23. The topological polar surface area (TPSA) is 63.6 Å². The number of esters is 1. The quantitative estimate of drug-likeness (QED) is 0.670. The van der Waals surface area contributed by atoms with E-state index in [4.69, 9.17) is 9.84 Å². The Morgan fingerprint density at radius 1 is 1.33 bits per heavy atom. The van der Waals surface area contributed by atoms with Crippen LogP contribution in [0.2, 0.25) is 0 Å². The normalized spacial score (nSPS) is 11.8. The summed E-state index contributed by atoms with van der Waals surface area (Å²) in [5.74, 6) is -1.79. The summed E-state index contributed by atoms with van der Waals surface area (Å²) in [4.78, 5) is 21.8. The Hall–Kier alpha value is -1.36. The number of carboxylic acids is 1. The van der Waals surface area contributed by atoms with Crippen molar-refractivity contribution in [1.82, 2.24) is 0 Å². The minimum atomic E-state index is -1.24. The van der Waals surface area contributed by atoms with E-state index in [-0.39, 0.29) is 5.33 Å². The fourth-order valence-corrected chi connectivity index (χ4v) is 1.18. The molecule has 80 valence electrons. The number of ether oxygens (including phenoxy) is 1. The summed E-state index contributed by atoms with van der Waals surface area (Å²) in [6.45, 7) is 0. The average molecular weight is 273 g/mol. The number of aliphatic carboxylic acids is 1. The minimum Gasteiger partial charge on any atom is -0.478 e. The molecule has 0 fully saturated rings. The van der Waals surface area contributed by atoms with Crippen molar-refractivity contribution in [1.29, 1.82) is 0 Å². The van der Waals surface area contributed by atoms with Crippen LogP contribution in [0.4, 0.5) is 0 Å². The zero-order valence-corrected chi connectivity index (χ0v) is 9.31. The number of hydrogen-bond acceptors (Lipinski definition) is 3. The molecule has 1 N–H and O–H groups in total. The number of benzene rings is 1. The maximum Gasteiger partial charge on any atom is 0.349 e. The molecule has 1 atom stereocenters. The Bertz CT molecular complexity index is 350. The molecule has 0 unspecified atom stereocenters. The average Bonchev–Trinajstić information content (AvgIpc) is 2.26. The Morgan fingerprint density at radius 2 is 1.93 bits per heavy atom. The van der Waals surface area contributed by atoms with E-state index in [2.05, 4.69) is 15.9 Å². The maximum atomic E-state index is 11.0. The van der Waals surface area contributed by atoms with E-state index in [9.17, 15) is 9.59 Å². The van der Waals surface area contributed by atoms with Gasteiger partial charge < -0.3 is 9.84 Å². The SMILES string of the molecule is O=C(CBr)O[C@H](C(=O)O)c1ccccc1. The summed E-state index contributed by atoms with van der Waals surface area (Å²) < 4.78 is 4.76. The van der Waals surface area contributed by atoms with E-state index in [1.807, 2.05) is 0 Å². The molecule has 5 heteroatoms. The molecule has 1 aromatic rings. The van der Waals surface area contributed by atoms with Gasteiger partial charge in [0.05, 0.1) is 0 Å². The van der Waals surface area contributed by atoms with E-state index in [0.717, 1.165) is 0 Å². The monoisotopic (exact) mass is 272 g/mol. The number of carbonyl (C=O) groups is 2. The predicted octanol–water partition coefficient (Wildman–Crippen LogP) is 1.75. The van der Waals surface area contributed by atoms with Gasteiger partial charge in [0, 0.05) is 5.56 Å². The van der Waals surface area contributed by atoms with Gasteiger partial charge in [0.15, 0.2) is 0 Å². The van der Waals surface area contributed by atoms with E-state index >= 15 is 0 Å². The Balaban J connectivity index is 2.84. The van der Waals surface area contributed by atoms with Gasteiger partial charge in [-0.2, -0.15) is 0 Å². The van der Waals surface area contributed by atoms with Crippen LogP contribution in [0.3, 0.4) is 0 Å². The van der Waals surface area contributed by atoms with Crippen molar-refractivity contribution in [3.63, 3.8) is 0 Å². The standard InChI is InChI=1S/C10H9BrO4/c11-6-8(12)15-9(10(13)14)7-4-2-1-3-5-7/h1-5,9H,6H2,(H,13,14)/t9-/m0/s1. The third-order valence-corrected chi connectivity index (χ3v) is 2.14. The first-order chi connectivity index (χ1) is 7.15. The van der Waals surface area contributed by atoms with Crippen LogP contribution in [0.25, 0.3) is 0 Å². The number of rotatable bonds is 4. The zero-order chi connectivity index (χ0) is 11.3. The van der Waals surface area contributed by atoms with Gasteiger partial charge in [-0.3, -0.25) is 4.79 Å². The molecule has 0 radical (unpaired) electrons. The third kappa shape index (κ3) is 3.36. The highest BCUT2D eigenvalue weighted by Crippen LogP contribution is 2.17. The predicted molar refractivity (Wildman–Crippen MR) is 56.7 cm³/mol. The fourth-order valence-electron chi connectivity index (χ4n) is 1.05. The van der Waals surface area contributed by atoms with Crippen LogP contribution in [0.1, 0.15) is 11.7 Å². The molecule has 15 heavy (non-hydrogen) atoms. The molecule has 0 aliphatic rings. The van der Waals surface area contributed by atoms with Gasteiger partial charge in [-0.1, -0.05) is 46.3 Å². The highest BCUT2D eigenvalue weighted by atomic mass is 79.9. The van der Waals surface area contributed by atoms with Crippen LogP contribution in [-0.4, -0.2) is 22.4 Å². The minimum absolute atomic E-state index is 0.0242. The molecule has 1 rings (SSSR count). The van der Waals surface area contributed by atoms with Crippen LogP contribution >= 0.6 is 15.9 Å². The largest absolute Gasteiger partial charge is 0.478 e. The van der Waals surface area contributed by atoms with Gasteiger partial charge in [-0.05, 0) is 0 Å². The first kappa shape index (κ1) is 11.7. The summed E-state index contributed by atoms with van der Waals surface area (Å²) in [6, 6.07) is 8.33. The molecule has 0 saturated carbocycles. The van der Waals surface area contributed by atoms with Gasteiger partial charge in [0.25, 0.3) is 0 Å². The summed E-state index contributed by atoms with van der Waals surface area (Å²) in [5, 5.41) is 8.85. The first-order valence-corrected chi connectivity index (χ1v) is 5.30. The first-order valence-electron chi connectivity index (χ1n) is 4.18. The fraction of sp³-hybridized carbons (Fsp3) is 0.200. The van der Waals surface area contributed by atoms with Crippen molar-refractivity contribution in [3.05, 3.63) is 35.9 Å². The summed E-state index contributed by atoms with van der Waals surface area (Å²) in [6.07, 6.45) is -1.24. The van der Waals surface area contributed by atoms with Crippen LogP contribution < -0.4 is 0 Å². The lowest BCUT2D eigenvalue weighted by Gasteiger charge is -2.12. The van der Waals surface area contributed by atoms with E-state index in [0.29, 0.717) is 5.56 Å². The maximum absolute atomic E-state index is 11.0.